The zero-order valence-electron chi connectivity index (χ0n) is 18.2. The maximum Gasteiger partial charge on any atom is 0.213 e. The van der Waals surface area contributed by atoms with Crippen LogP contribution in [-0.4, -0.2) is 0 Å². The van der Waals surface area contributed by atoms with E-state index >= 15 is 0 Å². The Balaban J connectivity index is 1.70. The number of nitrogens with zero attached hydrogens (tertiary/aromatic N) is 1. The normalized spacial score (nSPS) is 20.8. The van der Waals surface area contributed by atoms with E-state index in [1.54, 1.807) is 0 Å². The fraction of sp³-hybridized carbons (Fsp3) is 0.276. The molecule has 0 saturated heterocycles. The quantitative estimate of drug-likeness (QED) is 0.280. The Labute approximate surface area is 179 Å². The summed E-state index contributed by atoms with van der Waals surface area (Å²) in [5.74, 6) is 0.523. The molecule has 1 heteroatoms. The Morgan fingerprint density at radius 3 is 2.40 bits per heavy atom. The third-order valence-electron chi connectivity index (χ3n) is 7.57. The van der Waals surface area contributed by atoms with Gasteiger partial charge in [-0.3, -0.25) is 0 Å². The highest BCUT2D eigenvalue weighted by Crippen LogP contribution is 2.51. The van der Waals surface area contributed by atoms with Gasteiger partial charge in [0.1, 0.15) is 0 Å². The van der Waals surface area contributed by atoms with Crippen molar-refractivity contribution in [3.05, 3.63) is 89.5 Å². The number of fused-ring (bicyclic) bond motifs is 8. The summed E-state index contributed by atoms with van der Waals surface area (Å²) in [5, 5.41) is 1.32. The molecule has 0 amide bonds. The van der Waals surface area contributed by atoms with Gasteiger partial charge in [-0.25, -0.2) is 0 Å². The van der Waals surface area contributed by atoms with Crippen LogP contribution in [-0.2, 0) is 5.41 Å². The molecule has 1 aromatic heterocycles. The van der Waals surface area contributed by atoms with Crippen molar-refractivity contribution in [3.63, 3.8) is 0 Å². The first-order valence-corrected chi connectivity index (χ1v) is 11.2. The minimum Gasteiger partial charge on any atom is -0.189 e. The summed E-state index contributed by atoms with van der Waals surface area (Å²) in [4.78, 5) is 0. The molecule has 0 radical (unpaired) electrons. The molecule has 3 aromatic carbocycles. The first-order valence-electron chi connectivity index (χ1n) is 11.2. The van der Waals surface area contributed by atoms with Crippen LogP contribution in [0.5, 0.6) is 0 Å². The molecule has 148 valence electrons. The summed E-state index contributed by atoms with van der Waals surface area (Å²) >= 11 is 0. The molecule has 4 aromatic rings. The summed E-state index contributed by atoms with van der Waals surface area (Å²) in [6.45, 7) is 9.54. The van der Waals surface area contributed by atoms with Gasteiger partial charge in [0.15, 0.2) is 6.04 Å². The number of para-hydroxylation sites is 1. The van der Waals surface area contributed by atoms with E-state index < -0.39 is 0 Å². The van der Waals surface area contributed by atoms with Crippen molar-refractivity contribution >= 4 is 10.9 Å². The molecular weight excluding hydrogens is 362 g/mol. The van der Waals surface area contributed by atoms with Crippen LogP contribution in [0.4, 0.5) is 0 Å². The summed E-state index contributed by atoms with van der Waals surface area (Å²) in [7, 11) is 0. The van der Waals surface area contributed by atoms with Crippen molar-refractivity contribution in [2.75, 3.05) is 0 Å². The zero-order chi connectivity index (χ0) is 20.6. The van der Waals surface area contributed by atoms with Crippen LogP contribution in [0.2, 0.25) is 0 Å². The fourth-order valence-corrected chi connectivity index (χ4v) is 6.06. The molecular formula is C29H28N+. The molecule has 0 bridgehead atoms. The second-order valence-corrected chi connectivity index (χ2v) is 9.79. The number of hydrogen-bond donors (Lipinski definition) is 0. The van der Waals surface area contributed by atoms with E-state index in [0.29, 0.717) is 12.0 Å². The Bertz CT molecular complexity index is 1330. The van der Waals surface area contributed by atoms with Gasteiger partial charge in [-0.05, 0) is 64.9 Å². The predicted octanol–water partition coefficient (Wildman–Crippen LogP) is 7.17. The number of aromatic nitrogens is 1. The average Bonchev–Trinajstić information content (AvgIpc) is 2.91. The monoisotopic (exact) mass is 390 g/mol. The zero-order valence-corrected chi connectivity index (χ0v) is 18.2. The lowest BCUT2D eigenvalue weighted by Crippen LogP contribution is -2.40. The molecule has 0 fully saturated rings. The molecule has 2 atom stereocenters. The van der Waals surface area contributed by atoms with E-state index in [1.165, 1.54) is 50.0 Å². The fourth-order valence-electron chi connectivity index (χ4n) is 6.06. The van der Waals surface area contributed by atoms with Crippen LogP contribution in [0.25, 0.3) is 33.3 Å². The standard InChI is InChI=1S/C29H28N/c1-18-15-19(2)30-27-12-8-5-9-20(27)13-14-28(30)24-17-26-23(16-22(18)24)21-10-6-7-11-25(21)29(26,3)4/h5-14,16-19H,15H2,1-4H3/q+1. The predicted molar refractivity (Wildman–Crippen MR) is 125 cm³/mol. The minimum atomic E-state index is 0.0315. The van der Waals surface area contributed by atoms with Crippen molar-refractivity contribution in [1.82, 2.24) is 0 Å². The minimum absolute atomic E-state index is 0.0315. The van der Waals surface area contributed by atoms with E-state index in [0.717, 1.165) is 6.42 Å². The first-order chi connectivity index (χ1) is 14.5. The molecule has 30 heavy (non-hydrogen) atoms. The molecule has 0 N–H and O–H groups in total. The SMILES string of the molecule is CC1CC(C)[n+]2c(ccc3ccccc32)-c2cc3c(cc21)-c1ccccc1C3(C)C. The van der Waals surface area contributed by atoms with Gasteiger partial charge in [-0.15, -0.1) is 0 Å². The van der Waals surface area contributed by atoms with E-state index in [1.807, 2.05) is 0 Å². The van der Waals surface area contributed by atoms with Crippen molar-refractivity contribution in [1.29, 1.82) is 0 Å². The second kappa shape index (κ2) is 6.04. The van der Waals surface area contributed by atoms with E-state index in [4.69, 9.17) is 0 Å². The van der Waals surface area contributed by atoms with Crippen LogP contribution in [0.1, 0.15) is 62.8 Å². The van der Waals surface area contributed by atoms with E-state index in [-0.39, 0.29) is 5.41 Å². The number of pyridine rings is 1. The van der Waals surface area contributed by atoms with Crippen molar-refractivity contribution in [3.8, 4) is 22.4 Å². The molecule has 2 aliphatic rings. The summed E-state index contributed by atoms with van der Waals surface area (Å²) < 4.78 is 2.58. The highest BCUT2D eigenvalue weighted by atomic mass is 15.0. The van der Waals surface area contributed by atoms with Crippen molar-refractivity contribution in [2.24, 2.45) is 0 Å². The van der Waals surface area contributed by atoms with Crippen molar-refractivity contribution in [2.45, 2.75) is 51.5 Å². The lowest BCUT2D eigenvalue weighted by atomic mass is 9.80. The van der Waals surface area contributed by atoms with Gasteiger partial charge < -0.3 is 0 Å². The van der Waals surface area contributed by atoms with Crippen LogP contribution >= 0.6 is 0 Å². The second-order valence-electron chi connectivity index (χ2n) is 9.79. The van der Waals surface area contributed by atoms with E-state index in [2.05, 4.69) is 105 Å². The average molecular weight is 391 g/mol. The van der Waals surface area contributed by atoms with Crippen LogP contribution in [0.15, 0.2) is 72.8 Å². The van der Waals surface area contributed by atoms with Gasteiger partial charge in [-0.1, -0.05) is 57.2 Å². The topological polar surface area (TPSA) is 3.88 Å². The third-order valence-corrected chi connectivity index (χ3v) is 7.57. The third kappa shape index (κ3) is 2.27. The maximum absolute atomic E-state index is 2.58. The molecule has 1 aliphatic heterocycles. The molecule has 1 nitrogen and oxygen atoms in total. The van der Waals surface area contributed by atoms with Crippen molar-refractivity contribution < 1.29 is 4.57 Å². The summed E-state index contributed by atoms with van der Waals surface area (Å²) in [6.07, 6.45) is 1.16. The largest absolute Gasteiger partial charge is 0.213 e. The Morgan fingerprint density at radius 1 is 0.767 bits per heavy atom. The molecule has 0 spiro atoms. The smallest absolute Gasteiger partial charge is 0.189 e. The molecule has 1 aliphatic carbocycles. The van der Waals surface area contributed by atoms with E-state index in [9.17, 15) is 0 Å². The Morgan fingerprint density at radius 2 is 1.53 bits per heavy atom. The molecule has 6 rings (SSSR count). The molecule has 0 saturated carbocycles. The van der Waals surface area contributed by atoms with Crippen LogP contribution in [0, 0.1) is 0 Å². The summed E-state index contributed by atoms with van der Waals surface area (Å²) in [6, 6.07) is 27.9. The van der Waals surface area contributed by atoms with Gasteiger partial charge >= 0.3 is 0 Å². The summed E-state index contributed by atoms with van der Waals surface area (Å²) in [5.41, 5.74) is 11.4. The van der Waals surface area contributed by atoms with Gasteiger partial charge in [0.2, 0.25) is 11.2 Å². The van der Waals surface area contributed by atoms with Gasteiger partial charge in [0.25, 0.3) is 0 Å². The lowest BCUT2D eigenvalue weighted by molar-refractivity contribution is -0.684. The highest BCUT2D eigenvalue weighted by molar-refractivity contribution is 5.85. The number of rotatable bonds is 0. The van der Waals surface area contributed by atoms with Crippen LogP contribution in [0.3, 0.4) is 0 Å². The first kappa shape index (κ1) is 17.9. The molecule has 2 heterocycles. The van der Waals surface area contributed by atoms with Gasteiger partial charge in [0, 0.05) is 34.9 Å². The maximum atomic E-state index is 2.58. The number of benzene rings is 3. The number of hydrogen-bond acceptors (Lipinski definition) is 0. The van der Waals surface area contributed by atoms with Gasteiger partial charge in [-0.2, -0.15) is 4.57 Å². The Kier molecular flexibility index (Phi) is 3.60. The van der Waals surface area contributed by atoms with Crippen LogP contribution < -0.4 is 4.57 Å². The Hall–Kier alpha value is -2.93. The highest BCUT2D eigenvalue weighted by Gasteiger charge is 2.39. The lowest BCUT2D eigenvalue weighted by Gasteiger charge is -2.22. The molecule has 2 unspecified atom stereocenters. The van der Waals surface area contributed by atoms with Gasteiger partial charge in [0.05, 0.1) is 0 Å².